The lowest BCUT2D eigenvalue weighted by molar-refractivity contribution is -0.896. The summed E-state index contributed by atoms with van der Waals surface area (Å²) in [6.07, 6.45) is -0.412. The van der Waals surface area contributed by atoms with Gasteiger partial charge in [0.05, 0.1) is 12.7 Å². The van der Waals surface area contributed by atoms with Gasteiger partial charge in [0.2, 0.25) is 6.73 Å². The predicted molar refractivity (Wildman–Crippen MR) is 165 cm³/mol. The van der Waals surface area contributed by atoms with E-state index < -0.39 is 32.8 Å². The van der Waals surface area contributed by atoms with Crippen molar-refractivity contribution < 1.29 is 46.4 Å². The van der Waals surface area contributed by atoms with E-state index in [0.29, 0.717) is 16.0 Å². The minimum absolute atomic E-state index is 0.0952. The fourth-order valence-electron chi connectivity index (χ4n) is 5.17. The van der Waals surface area contributed by atoms with Crippen LogP contribution in [0.15, 0.2) is 60.7 Å². The first-order valence-corrected chi connectivity index (χ1v) is 15.5. The summed E-state index contributed by atoms with van der Waals surface area (Å²) in [4.78, 5) is 13.6. The lowest BCUT2D eigenvalue weighted by Gasteiger charge is -2.15. The van der Waals surface area contributed by atoms with E-state index in [-0.39, 0.29) is 28.5 Å². The van der Waals surface area contributed by atoms with Crippen LogP contribution in [0.2, 0.25) is 0 Å². The van der Waals surface area contributed by atoms with Gasteiger partial charge < -0.3 is 15.3 Å². The van der Waals surface area contributed by atoms with Crippen LogP contribution in [0.4, 0.5) is 14.5 Å². The second kappa shape index (κ2) is 13.5. The van der Waals surface area contributed by atoms with Crippen LogP contribution in [-0.2, 0) is 30.8 Å². The van der Waals surface area contributed by atoms with E-state index in [1.54, 1.807) is 32.2 Å². The average Bonchev–Trinajstić information content (AvgIpc) is 3.28. The van der Waals surface area contributed by atoms with Gasteiger partial charge in [-0.1, -0.05) is 37.3 Å². The molecule has 1 heterocycles. The average molecular weight is 645 g/mol. The van der Waals surface area contributed by atoms with Crippen LogP contribution >= 0.6 is 7.82 Å². The van der Waals surface area contributed by atoms with Crippen molar-refractivity contribution in [2.45, 2.75) is 46.8 Å². The lowest BCUT2D eigenvalue weighted by Crippen LogP contribution is -2.39. The summed E-state index contributed by atoms with van der Waals surface area (Å²) in [5, 5.41) is 14.2. The number of amides is 1. The molecule has 4 aromatic rings. The molecule has 10 nitrogen and oxygen atoms in total. The third-order valence-corrected chi connectivity index (χ3v) is 8.94. The topological polar surface area (TPSA) is 112 Å². The zero-order chi connectivity index (χ0) is 33.1. The van der Waals surface area contributed by atoms with E-state index in [9.17, 15) is 23.3 Å². The van der Waals surface area contributed by atoms with Gasteiger partial charge in [0.25, 0.3) is 11.6 Å². The molecule has 0 radical (unpaired) electrons. The lowest BCUT2D eigenvalue weighted by atomic mass is 9.93. The Labute approximate surface area is 260 Å². The molecule has 0 fully saturated rings. The summed E-state index contributed by atoms with van der Waals surface area (Å²) < 4.78 is 64.6. The maximum absolute atomic E-state index is 14.4. The predicted octanol–water partition coefficient (Wildman–Crippen LogP) is 7.41. The van der Waals surface area contributed by atoms with Crippen molar-refractivity contribution in [3.63, 3.8) is 0 Å². The summed E-state index contributed by atoms with van der Waals surface area (Å²) >= 11 is 0. The summed E-state index contributed by atoms with van der Waals surface area (Å²) in [6, 6.07) is 16.5. The molecule has 1 amide bonds. The molecule has 1 aromatic heterocycles. The normalized spacial score (nSPS) is 11.9. The van der Waals surface area contributed by atoms with Crippen molar-refractivity contribution >= 4 is 19.4 Å². The van der Waals surface area contributed by atoms with Crippen LogP contribution in [0.5, 0.6) is 5.75 Å². The van der Waals surface area contributed by atoms with Crippen molar-refractivity contribution in [1.82, 2.24) is 4.57 Å². The number of alkyl halides is 2. The number of ether oxygens (including phenoxy) is 1. The number of hydrogen-bond acceptors (Lipinski definition) is 7. The standard InChI is InChI=1S/C32H36F2N3O7P/c1-8-32(33,34)24-13-10-14-25(18-24)35-30(38)29-22(4)36(19-44-45(40,42-6)43-7)31(37(29)39)23-15-16-27(41-5)26(17-23)28-20(2)11-9-12-21(28)3/h9-18H,8,19H2,1-7H3,(H-,35,38,39)/p+1. The zero-order valence-electron chi connectivity index (χ0n) is 26.2. The molecule has 13 heteroatoms. The molecule has 0 unspecified atom stereocenters. The maximum atomic E-state index is 14.4. The van der Waals surface area contributed by atoms with E-state index in [1.165, 1.54) is 35.8 Å². The Morgan fingerprint density at radius 2 is 1.64 bits per heavy atom. The Morgan fingerprint density at radius 3 is 2.24 bits per heavy atom. The second-order valence-electron chi connectivity index (χ2n) is 10.3. The number of carbonyl (C=O) groups is 1. The van der Waals surface area contributed by atoms with Crippen LogP contribution < -0.4 is 14.8 Å². The van der Waals surface area contributed by atoms with Crippen molar-refractivity contribution in [3.8, 4) is 28.3 Å². The quantitative estimate of drug-likeness (QED) is 0.0939. The number of methoxy groups -OCH3 is 1. The SMILES string of the molecule is CCC(F)(F)c1cccc(NC(=O)c2c(C)n(COP(=O)(OC)OC)c(-c3ccc(OC)c(-c4c(C)cccc4C)c3)[n+]2O)c1. The van der Waals surface area contributed by atoms with Crippen LogP contribution in [0.25, 0.3) is 22.5 Å². The highest BCUT2D eigenvalue weighted by atomic mass is 31.2. The van der Waals surface area contributed by atoms with Gasteiger partial charge >= 0.3 is 19.6 Å². The summed E-state index contributed by atoms with van der Waals surface area (Å²) in [6.45, 7) is 6.42. The molecular formula is C32H37F2N3O7P+. The molecule has 45 heavy (non-hydrogen) atoms. The molecule has 2 N–H and O–H groups in total. The van der Waals surface area contributed by atoms with Crippen molar-refractivity contribution in [3.05, 3.63) is 88.7 Å². The third kappa shape index (κ3) is 6.79. The van der Waals surface area contributed by atoms with Crippen LogP contribution in [0.1, 0.15) is 46.2 Å². The second-order valence-corrected chi connectivity index (χ2v) is 12.2. The van der Waals surface area contributed by atoms with Crippen LogP contribution in [0.3, 0.4) is 0 Å². The number of halogens is 2. The van der Waals surface area contributed by atoms with Crippen molar-refractivity contribution in [2.24, 2.45) is 0 Å². The number of rotatable bonds is 12. The van der Waals surface area contributed by atoms with E-state index >= 15 is 0 Å². The van der Waals surface area contributed by atoms with Gasteiger partial charge in [-0.2, -0.15) is 4.57 Å². The largest absolute Gasteiger partial charge is 0.496 e. The number of carbonyl (C=O) groups excluding carboxylic acids is 1. The van der Waals surface area contributed by atoms with Gasteiger partial charge in [0, 0.05) is 44.4 Å². The minimum Gasteiger partial charge on any atom is -0.496 e. The van der Waals surface area contributed by atoms with E-state index in [4.69, 9.17) is 18.3 Å². The third-order valence-electron chi connectivity index (χ3n) is 7.62. The molecule has 0 aliphatic rings. The Morgan fingerprint density at radius 1 is 1.00 bits per heavy atom. The van der Waals surface area contributed by atoms with Gasteiger partial charge in [-0.05, 0) is 65.6 Å². The number of imidazole rings is 1. The Bertz CT molecular complexity index is 1750. The molecule has 0 saturated carbocycles. The fourth-order valence-corrected chi connectivity index (χ4v) is 5.78. The van der Waals surface area contributed by atoms with E-state index in [0.717, 1.165) is 36.5 Å². The first kappa shape index (κ1) is 33.8. The molecule has 0 aliphatic heterocycles. The number of hydrogen-bond donors (Lipinski definition) is 2. The van der Waals surface area contributed by atoms with Gasteiger partial charge in [-0.15, -0.1) is 0 Å². The van der Waals surface area contributed by atoms with E-state index in [2.05, 4.69) is 5.32 Å². The Kier molecular flexibility index (Phi) is 10.1. The number of nitrogens with zero attached hydrogens (tertiary/aromatic N) is 2. The molecule has 3 aromatic carbocycles. The fraction of sp³-hybridized carbons (Fsp3) is 0.312. The first-order chi connectivity index (χ1) is 21.3. The molecule has 0 saturated heterocycles. The van der Waals surface area contributed by atoms with Gasteiger partial charge in [0.15, 0.2) is 5.69 Å². The Balaban J connectivity index is 1.88. The van der Waals surface area contributed by atoms with Gasteiger partial charge in [-0.25, -0.2) is 17.9 Å². The summed E-state index contributed by atoms with van der Waals surface area (Å²) in [5.74, 6) is -3.19. The molecule has 0 spiro atoms. The van der Waals surface area contributed by atoms with Crippen molar-refractivity contribution in [2.75, 3.05) is 26.6 Å². The summed E-state index contributed by atoms with van der Waals surface area (Å²) in [7, 11) is -0.0939. The van der Waals surface area contributed by atoms with Gasteiger partial charge in [0.1, 0.15) is 5.75 Å². The number of aryl methyl sites for hydroxylation is 2. The highest BCUT2D eigenvalue weighted by Gasteiger charge is 2.37. The van der Waals surface area contributed by atoms with E-state index in [1.807, 2.05) is 32.0 Å². The zero-order valence-corrected chi connectivity index (χ0v) is 27.1. The molecule has 0 bridgehead atoms. The summed E-state index contributed by atoms with van der Waals surface area (Å²) in [5.41, 5.74) is 3.96. The highest BCUT2D eigenvalue weighted by Crippen LogP contribution is 2.48. The molecule has 240 valence electrons. The molecule has 4 rings (SSSR count). The number of phosphoric acid groups is 1. The minimum atomic E-state index is -3.97. The van der Waals surface area contributed by atoms with Gasteiger partial charge in [-0.3, -0.25) is 13.8 Å². The molecular weight excluding hydrogens is 607 g/mol. The number of nitrogens with one attached hydrogen (secondary N) is 1. The monoisotopic (exact) mass is 644 g/mol. The maximum Gasteiger partial charge on any atom is 0.477 e. The number of benzene rings is 3. The highest BCUT2D eigenvalue weighted by molar-refractivity contribution is 7.48. The number of anilines is 1. The molecule has 0 atom stereocenters. The first-order valence-electron chi connectivity index (χ1n) is 14.1. The van der Waals surface area contributed by atoms with Crippen molar-refractivity contribution in [1.29, 1.82) is 0 Å². The Hall–Kier alpha value is -4.09. The molecule has 0 aliphatic carbocycles. The number of phosphoric ester groups is 1. The van der Waals surface area contributed by atoms with Crippen LogP contribution in [0, 0.1) is 20.8 Å². The number of aromatic nitrogens is 2. The smallest absolute Gasteiger partial charge is 0.477 e. The van der Waals surface area contributed by atoms with Crippen LogP contribution in [-0.4, -0.2) is 37.0 Å².